The first-order valence-electron chi connectivity index (χ1n) is 6.68. The molecule has 104 valence electrons. The van der Waals surface area contributed by atoms with E-state index in [-0.39, 0.29) is 17.5 Å². The maximum Gasteiger partial charge on any atom is 0.231 e. The van der Waals surface area contributed by atoms with E-state index in [0.29, 0.717) is 5.92 Å². The average molecular weight is 263 g/mol. The minimum absolute atomic E-state index is 0.00609. The summed E-state index contributed by atoms with van der Waals surface area (Å²) in [4.78, 5) is 16.4. The highest BCUT2D eigenvalue weighted by molar-refractivity contribution is 5.95. The van der Waals surface area contributed by atoms with Gasteiger partial charge in [0.2, 0.25) is 5.91 Å². The van der Waals surface area contributed by atoms with Gasteiger partial charge in [-0.2, -0.15) is 0 Å². The Balaban J connectivity index is 2.08. The maximum absolute atomic E-state index is 12.4. The fourth-order valence-corrected chi connectivity index (χ4v) is 2.41. The molecule has 1 aromatic rings. The minimum Gasteiger partial charge on any atom is -0.504 e. The molecule has 1 atom stereocenters. The van der Waals surface area contributed by atoms with E-state index in [2.05, 4.69) is 15.6 Å². The molecular formula is C14H21N3O2. The molecule has 0 aromatic carbocycles. The summed E-state index contributed by atoms with van der Waals surface area (Å²) >= 11 is 0. The van der Waals surface area contributed by atoms with Crippen LogP contribution in [0.1, 0.15) is 26.7 Å². The average Bonchev–Trinajstić information content (AvgIpc) is 2.42. The predicted molar refractivity (Wildman–Crippen MR) is 73.9 cm³/mol. The van der Waals surface area contributed by atoms with Crippen LogP contribution in [0.25, 0.3) is 0 Å². The molecule has 2 rings (SSSR count). The summed E-state index contributed by atoms with van der Waals surface area (Å²) in [5, 5.41) is 15.7. The van der Waals surface area contributed by atoms with Crippen LogP contribution in [-0.4, -0.2) is 29.1 Å². The molecule has 1 fully saturated rings. The smallest absolute Gasteiger partial charge is 0.231 e. The van der Waals surface area contributed by atoms with Crippen molar-refractivity contribution >= 4 is 11.7 Å². The van der Waals surface area contributed by atoms with Crippen LogP contribution in [0.4, 0.5) is 5.82 Å². The number of anilines is 1. The molecule has 5 heteroatoms. The predicted octanol–water partition coefficient (Wildman–Crippen LogP) is 1.75. The molecule has 1 aliphatic rings. The number of piperidine rings is 1. The highest BCUT2D eigenvalue weighted by Crippen LogP contribution is 2.33. The summed E-state index contributed by atoms with van der Waals surface area (Å²) in [7, 11) is 0. The molecule has 0 radical (unpaired) electrons. The molecule has 1 unspecified atom stereocenters. The first kappa shape index (κ1) is 13.8. The largest absolute Gasteiger partial charge is 0.504 e. The molecule has 5 nitrogen and oxygen atoms in total. The highest BCUT2D eigenvalue weighted by atomic mass is 16.3. The lowest BCUT2D eigenvalue weighted by Gasteiger charge is -2.35. The van der Waals surface area contributed by atoms with E-state index in [4.69, 9.17) is 0 Å². The van der Waals surface area contributed by atoms with Crippen molar-refractivity contribution in [3.05, 3.63) is 18.3 Å². The number of pyridine rings is 1. The number of hydrogen-bond donors (Lipinski definition) is 3. The Morgan fingerprint density at radius 1 is 1.58 bits per heavy atom. The summed E-state index contributed by atoms with van der Waals surface area (Å²) in [6, 6.07) is 3.14. The van der Waals surface area contributed by atoms with Crippen LogP contribution in [0.15, 0.2) is 18.3 Å². The number of carbonyl (C=O) groups is 1. The normalized spacial score (nSPS) is 20.0. The van der Waals surface area contributed by atoms with Crippen LogP contribution in [0.2, 0.25) is 0 Å². The molecule has 0 spiro atoms. The van der Waals surface area contributed by atoms with E-state index in [0.717, 1.165) is 25.9 Å². The van der Waals surface area contributed by atoms with Gasteiger partial charge in [-0.05, 0) is 44.0 Å². The number of amides is 1. The number of rotatable bonds is 3. The second-order valence-corrected chi connectivity index (χ2v) is 5.59. The molecule has 1 saturated heterocycles. The topological polar surface area (TPSA) is 74.2 Å². The molecule has 1 aliphatic heterocycles. The lowest BCUT2D eigenvalue weighted by Crippen LogP contribution is -2.44. The van der Waals surface area contributed by atoms with Gasteiger partial charge >= 0.3 is 0 Å². The van der Waals surface area contributed by atoms with Crippen molar-refractivity contribution in [2.75, 3.05) is 18.4 Å². The van der Waals surface area contributed by atoms with E-state index >= 15 is 0 Å². The van der Waals surface area contributed by atoms with E-state index in [1.807, 2.05) is 13.8 Å². The maximum atomic E-state index is 12.4. The summed E-state index contributed by atoms with van der Waals surface area (Å²) < 4.78 is 0. The van der Waals surface area contributed by atoms with Crippen molar-refractivity contribution in [3.63, 3.8) is 0 Å². The third-order valence-electron chi connectivity index (χ3n) is 3.92. The van der Waals surface area contributed by atoms with Crippen molar-refractivity contribution in [3.8, 4) is 5.75 Å². The first-order chi connectivity index (χ1) is 9.01. The number of nitrogens with one attached hydrogen (secondary N) is 2. The summed E-state index contributed by atoms with van der Waals surface area (Å²) in [6.45, 7) is 5.77. The van der Waals surface area contributed by atoms with Crippen molar-refractivity contribution in [2.45, 2.75) is 26.7 Å². The summed E-state index contributed by atoms with van der Waals surface area (Å²) in [5.74, 6) is 0.417. The SMILES string of the molecule is CC(C)(C(=O)Nc1ncccc1O)C1CCCNC1. The molecule has 1 aromatic heterocycles. The highest BCUT2D eigenvalue weighted by Gasteiger charge is 2.37. The van der Waals surface area contributed by atoms with Gasteiger partial charge in [0.1, 0.15) is 0 Å². The van der Waals surface area contributed by atoms with Crippen LogP contribution < -0.4 is 10.6 Å². The monoisotopic (exact) mass is 263 g/mol. The van der Waals surface area contributed by atoms with Crippen LogP contribution in [0.5, 0.6) is 5.75 Å². The Kier molecular flexibility index (Phi) is 4.04. The second kappa shape index (κ2) is 5.57. The molecule has 19 heavy (non-hydrogen) atoms. The van der Waals surface area contributed by atoms with Gasteiger partial charge in [0.05, 0.1) is 0 Å². The van der Waals surface area contributed by atoms with Gasteiger partial charge in [-0.1, -0.05) is 13.8 Å². The van der Waals surface area contributed by atoms with Gasteiger partial charge in [-0.25, -0.2) is 4.98 Å². The zero-order valence-electron chi connectivity index (χ0n) is 11.4. The number of carbonyl (C=O) groups excluding carboxylic acids is 1. The zero-order chi connectivity index (χ0) is 13.9. The van der Waals surface area contributed by atoms with Gasteiger partial charge in [0.25, 0.3) is 0 Å². The number of nitrogens with zero attached hydrogens (tertiary/aromatic N) is 1. The summed E-state index contributed by atoms with van der Waals surface area (Å²) in [5.41, 5.74) is -0.489. The van der Waals surface area contributed by atoms with Crippen molar-refractivity contribution < 1.29 is 9.90 Å². The first-order valence-corrected chi connectivity index (χ1v) is 6.68. The Morgan fingerprint density at radius 3 is 3.00 bits per heavy atom. The Bertz CT molecular complexity index is 454. The minimum atomic E-state index is -0.489. The van der Waals surface area contributed by atoms with E-state index in [9.17, 15) is 9.90 Å². The van der Waals surface area contributed by atoms with Crippen LogP contribution in [0.3, 0.4) is 0 Å². The van der Waals surface area contributed by atoms with Crippen molar-refractivity contribution in [1.29, 1.82) is 0 Å². The molecule has 2 heterocycles. The van der Waals surface area contributed by atoms with Gasteiger partial charge in [0.15, 0.2) is 11.6 Å². The number of aromatic hydroxyl groups is 1. The third-order valence-corrected chi connectivity index (χ3v) is 3.92. The lowest BCUT2D eigenvalue weighted by molar-refractivity contribution is -0.127. The van der Waals surface area contributed by atoms with E-state index < -0.39 is 5.41 Å². The Hall–Kier alpha value is -1.62. The summed E-state index contributed by atoms with van der Waals surface area (Å²) in [6.07, 6.45) is 3.68. The van der Waals surface area contributed by atoms with Crippen molar-refractivity contribution in [1.82, 2.24) is 10.3 Å². The fraction of sp³-hybridized carbons (Fsp3) is 0.571. The van der Waals surface area contributed by atoms with Crippen LogP contribution in [0, 0.1) is 11.3 Å². The lowest BCUT2D eigenvalue weighted by atomic mass is 9.74. The van der Waals surface area contributed by atoms with Gasteiger partial charge in [0, 0.05) is 11.6 Å². The Labute approximate surface area is 113 Å². The molecular weight excluding hydrogens is 242 g/mol. The van der Waals surface area contributed by atoms with Gasteiger partial charge in [-0.15, -0.1) is 0 Å². The molecule has 0 aliphatic carbocycles. The molecule has 3 N–H and O–H groups in total. The van der Waals surface area contributed by atoms with E-state index in [1.165, 1.54) is 6.07 Å². The van der Waals surface area contributed by atoms with Crippen LogP contribution >= 0.6 is 0 Å². The standard InChI is InChI=1S/C14H21N3O2/c1-14(2,10-5-3-7-15-9-10)13(19)17-12-11(18)6-4-8-16-12/h4,6,8,10,15,18H,3,5,7,9H2,1-2H3,(H,16,17,19). The fourth-order valence-electron chi connectivity index (χ4n) is 2.41. The second-order valence-electron chi connectivity index (χ2n) is 5.59. The zero-order valence-corrected chi connectivity index (χ0v) is 11.4. The van der Waals surface area contributed by atoms with E-state index in [1.54, 1.807) is 12.3 Å². The quantitative estimate of drug-likeness (QED) is 0.776. The van der Waals surface area contributed by atoms with Crippen molar-refractivity contribution in [2.24, 2.45) is 11.3 Å². The third kappa shape index (κ3) is 3.04. The van der Waals surface area contributed by atoms with Crippen LogP contribution in [-0.2, 0) is 4.79 Å². The number of aromatic nitrogens is 1. The molecule has 0 bridgehead atoms. The molecule has 0 saturated carbocycles. The number of hydrogen-bond acceptors (Lipinski definition) is 4. The van der Waals surface area contributed by atoms with Gasteiger partial charge in [-0.3, -0.25) is 4.79 Å². The van der Waals surface area contributed by atoms with Gasteiger partial charge < -0.3 is 15.7 Å². The Morgan fingerprint density at radius 2 is 2.37 bits per heavy atom. The molecule has 1 amide bonds.